The highest BCUT2D eigenvalue weighted by atomic mass is 19.1. The van der Waals surface area contributed by atoms with Gasteiger partial charge in [-0.25, -0.2) is 4.39 Å². The lowest BCUT2D eigenvalue weighted by atomic mass is 9.99. The first kappa shape index (κ1) is 20.4. The third-order valence-electron chi connectivity index (χ3n) is 4.11. The van der Waals surface area contributed by atoms with E-state index in [-0.39, 0.29) is 18.9 Å². The van der Waals surface area contributed by atoms with E-state index >= 15 is 0 Å². The number of carboxylic acids is 1. The molecule has 0 spiro atoms. The Hall–Kier alpha value is -2.89. The van der Waals surface area contributed by atoms with Gasteiger partial charge in [0.15, 0.2) is 0 Å². The van der Waals surface area contributed by atoms with E-state index in [1.165, 1.54) is 24.3 Å². The molecule has 1 amide bonds. The van der Waals surface area contributed by atoms with Gasteiger partial charge in [-0.2, -0.15) is 0 Å². The summed E-state index contributed by atoms with van der Waals surface area (Å²) < 4.78 is 18.5. The summed E-state index contributed by atoms with van der Waals surface area (Å²) in [6, 6.07) is 12.8. The van der Waals surface area contributed by atoms with Crippen LogP contribution in [0.3, 0.4) is 0 Å². The summed E-state index contributed by atoms with van der Waals surface area (Å²) in [5, 5.41) is 12.0. The molecule has 2 N–H and O–H groups in total. The quantitative estimate of drug-likeness (QED) is 0.668. The zero-order chi connectivity index (χ0) is 19.6. The predicted octanol–water partition coefficient (Wildman–Crippen LogP) is 3.53. The molecule has 6 heteroatoms. The van der Waals surface area contributed by atoms with E-state index in [9.17, 15) is 19.1 Å². The summed E-state index contributed by atoms with van der Waals surface area (Å²) in [4.78, 5) is 23.5. The fourth-order valence-corrected chi connectivity index (χ4v) is 2.58. The molecule has 2 aromatic carbocycles. The Morgan fingerprint density at radius 2 is 1.78 bits per heavy atom. The summed E-state index contributed by atoms with van der Waals surface area (Å²) in [7, 11) is 0. The number of amides is 1. The van der Waals surface area contributed by atoms with Crippen LogP contribution in [0.2, 0.25) is 0 Å². The van der Waals surface area contributed by atoms with Crippen molar-refractivity contribution in [3.05, 3.63) is 65.5 Å². The Labute approximate surface area is 158 Å². The van der Waals surface area contributed by atoms with Crippen molar-refractivity contribution in [2.75, 3.05) is 13.2 Å². The molecule has 0 saturated carbocycles. The van der Waals surface area contributed by atoms with Crippen LogP contribution in [0.1, 0.15) is 36.8 Å². The van der Waals surface area contributed by atoms with Crippen LogP contribution in [0.15, 0.2) is 48.5 Å². The summed E-state index contributed by atoms with van der Waals surface area (Å²) >= 11 is 0. The molecule has 0 heterocycles. The van der Waals surface area contributed by atoms with Gasteiger partial charge in [-0.05, 0) is 48.2 Å². The first-order valence-electron chi connectivity index (χ1n) is 8.96. The normalized spacial score (nSPS) is 11.6. The average Bonchev–Trinajstić information content (AvgIpc) is 2.67. The summed E-state index contributed by atoms with van der Waals surface area (Å²) in [6.45, 7) is 2.67. The van der Waals surface area contributed by atoms with E-state index in [1.54, 1.807) is 0 Å². The highest BCUT2D eigenvalue weighted by Gasteiger charge is 2.20. The van der Waals surface area contributed by atoms with Crippen molar-refractivity contribution in [2.24, 2.45) is 0 Å². The zero-order valence-corrected chi connectivity index (χ0v) is 15.3. The van der Waals surface area contributed by atoms with Crippen molar-refractivity contribution < 1.29 is 23.8 Å². The number of ether oxygens (including phenoxy) is 1. The topological polar surface area (TPSA) is 75.6 Å². The highest BCUT2D eigenvalue weighted by Crippen LogP contribution is 2.17. The van der Waals surface area contributed by atoms with Crippen LogP contribution in [0, 0.1) is 5.82 Å². The van der Waals surface area contributed by atoms with Gasteiger partial charge in [0.25, 0.3) is 0 Å². The maximum atomic E-state index is 13.0. The molecule has 0 radical (unpaired) electrons. The average molecular weight is 373 g/mol. The molecule has 0 aromatic heterocycles. The van der Waals surface area contributed by atoms with Gasteiger partial charge in [-0.3, -0.25) is 9.59 Å². The second-order valence-corrected chi connectivity index (χ2v) is 6.24. The van der Waals surface area contributed by atoms with E-state index in [4.69, 9.17) is 4.74 Å². The number of carbonyl (C=O) groups is 2. The molecule has 1 atom stereocenters. The fraction of sp³-hybridized carbons (Fsp3) is 0.333. The van der Waals surface area contributed by atoms with Crippen molar-refractivity contribution in [3.63, 3.8) is 0 Å². The summed E-state index contributed by atoms with van der Waals surface area (Å²) in [5.41, 5.74) is 1.45. The van der Waals surface area contributed by atoms with Crippen LogP contribution in [0.25, 0.3) is 0 Å². The molecule has 5 nitrogen and oxygen atoms in total. The zero-order valence-electron chi connectivity index (χ0n) is 15.3. The van der Waals surface area contributed by atoms with Crippen molar-refractivity contribution >= 4 is 11.9 Å². The minimum Gasteiger partial charge on any atom is -0.494 e. The van der Waals surface area contributed by atoms with E-state index in [0.29, 0.717) is 18.6 Å². The standard InChI is InChI=1S/C21H24FNO4/c1-2-13-27-18-10-3-15(4-11-18)5-12-20(24)23-14-19(21(25)26)16-6-8-17(22)9-7-16/h3-4,6-11,19H,2,5,12-14H2,1H3,(H,23,24)(H,25,26). The van der Waals surface area contributed by atoms with Crippen molar-refractivity contribution in [2.45, 2.75) is 32.1 Å². The molecule has 2 rings (SSSR count). The minimum atomic E-state index is -1.07. The second kappa shape index (κ2) is 10.3. The molecule has 1 unspecified atom stereocenters. The first-order chi connectivity index (χ1) is 13.0. The fourth-order valence-electron chi connectivity index (χ4n) is 2.58. The molecule has 27 heavy (non-hydrogen) atoms. The monoisotopic (exact) mass is 373 g/mol. The number of rotatable bonds is 10. The number of aliphatic carboxylic acids is 1. The number of hydrogen-bond acceptors (Lipinski definition) is 3. The molecular formula is C21H24FNO4. The van der Waals surface area contributed by atoms with Crippen LogP contribution >= 0.6 is 0 Å². The lowest BCUT2D eigenvalue weighted by Crippen LogP contribution is -2.31. The molecule has 144 valence electrons. The van der Waals surface area contributed by atoms with Gasteiger partial charge < -0.3 is 15.2 Å². The van der Waals surface area contributed by atoms with Crippen LogP contribution in [0.5, 0.6) is 5.75 Å². The minimum absolute atomic E-state index is 0.0381. The van der Waals surface area contributed by atoms with Crippen molar-refractivity contribution in [1.82, 2.24) is 5.32 Å². The number of benzene rings is 2. The maximum Gasteiger partial charge on any atom is 0.312 e. The largest absolute Gasteiger partial charge is 0.494 e. The van der Waals surface area contributed by atoms with E-state index in [2.05, 4.69) is 5.32 Å². The second-order valence-electron chi connectivity index (χ2n) is 6.24. The van der Waals surface area contributed by atoms with Crippen molar-refractivity contribution in [3.8, 4) is 5.75 Å². The Bertz CT molecular complexity index is 744. The van der Waals surface area contributed by atoms with Crippen LogP contribution in [-0.4, -0.2) is 30.1 Å². The molecular weight excluding hydrogens is 349 g/mol. The first-order valence-corrected chi connectivity index (χ1v) is 8.96. The summed E-state index contributed by atoms with van der Waals surface area (Å²) in [5.74, 6) is -1.84. The molecule has 0 aliphatic carbocycles. The van der Waals surface area contributed by atoms with Crippen molar-refractivity contribution in [1.29, 1.82) is 0 Å². The number of halogens is 1. The smallest absolute Gasteiger partial charge is 0.312 e. The van der Waals surface area contributed by atoms with Gasteiger partial charge in [-0.15, -0.1) is 0 Å². The number of carbonyl (C=O) groups excluding carboxylic acids is 1. The maximum absolute atomic E-state index is 13.0. The van der Waals surface area contributed by atoms with Gasteiger partial charge in [-0.1, -0.05) is 31.2 Å². The van der Waals surface area contributed by atoms with E-state index in [1.807, 2.05) is 31.2 Å². The van der Waals surface area contributed by atoms with Gasteiger partial charge in [0.2, 0.25) is 5.91 Å². The van der Waals surface area contributed by atoms with Crippen LogP contribution in [-0.2, 0) is 16.0 Å². The molecule has 2 aromatic rings. The predicted molar refractivity (Wildman–Crippen MR) is 100 cm³/mol. The third-order valence-corrected chi connectivity index (χ3v) is 4.11. The van der Waals surface area contributed by atoms with Gasteiger partial charge in [0.05, 0.1) is 12.5 Å². The van der Waals surface area contributed by atoms with E-state index in [0.717, 1.165) is 17.7 Å². The third kappa shape index (κ3) is 6.73. The van der Waals surface area contributed by atoms with Crippen LogP contribution < -0.4 is 10.1 Å². The molecule has 0 fully saturated rings. The number of carboxylic acid groups (broad SMARTS) is 1. The molecule has 0 aliphatic rings. The molecule has 0 bridgehead atoms. The summed E-state index contributed by atoms with van der Waals surface area (Å²) in [6.07, 6.45) is 1.75. The SMILES string of the molecule is CCCOc1ccc(CCC(=O)NCC(C(=O)O)c2ccc(F)cc2)cc1. The Morgan fingerprint density at radius 3 is 2.37 bits per heavy atom. The van der Waals surface area contributed by atoms with Crippen LogP contribution in [0.4, 0.5) is 4.39 Å². The van der Waals surface area contributed by atoms with Gasteiger partial charge >= 0.3 is 5.97 Å². The number of hydrogen-bond donors (Lipinski definition) is 2. The lowest BCUT2D eigenvalue weighted by Gasteiger charge is -2.14. The number of nitrogens with one attached hydrogen (secondary N) is 1. The number of aryl methyl sites for hydroxylation is 1. The van der Waals surface area contributed by atoms with E-state index < -0.39 is 17.7 Å². The van der Waals surface area contributed by atoms with Gasteiger partial charge in [0, 0.05) is 13.0 Å². The molecule has 0 aliphatic heterocycles. The Morgan fingerprint density at radius 1 is 1.11 bits per heavy atom. The van der Waals surface area contributed by atoms with Gasteiger partial charge in [0.1, 0.15) is 11.6 Å². The Kier molecular flexibility index (Phi) is 7.79. The highest BCUT2D eigenvalue weighted by molar-refractivity contribution is 5.80. The Balaban J connectivity index is 1.82. The lowest BCUT2D eigenvalue weighted by molar-refractivity contribution is -0.138. The molecule has 0 saturated heterocycles.